The third-order valence-corrected chi connectivity index (χ3v) is 3.75. The third-order valence-electron chi connectivity index (χ3n) is 1.95. The number of hydrogen-bond donors (Lipinski definition) is 2. The van der Waals surface area contributed by atoms with Crippen molar-refractivity contribution in [1.82, 2.24) is 5.32 Å². The minimum absolute atomic E-state index is 0.147. The first-order valence-electron chi connectivity index (χ1n) is 4.31. The Hall–Kier alpha value is -0.390. The van der Waals surface area contributed by atoms with Gasteiger partial charge in [-0.05, 0) is 41.9 Å². The van der Waals surface area contributed by atoms with Gasteiger partial charge in [0.15, 0.2) is 0 Å². The van der Waals surface area contributed by atoms with Crippen molar-refractivity contribution in [2.75, 3.05) is 0 Å². The molecule has 2 atom stereocenters. The number of halogens is 1. The van der Waals surface area contributed by atoms with E-state index in [4.69, 9.17) is 5.73 Å². The van der Waals surface area contributed by atoms with Crippen molar-refractivity contribution in [2.24, 2.45) is 5.73 Å². The zero-order valence-corrected chi connectivity index (χ0v) is 10.5. The first-order chi connectivity index (χ1) is 6.50. The third kappa shape index (κ3) is 3.08. The van der Waals surface area contributed by atoms with E-state index in [0.717, 1.165) is 3.79 Å². The van der Waals surface area contributed by atoms with Crippen LogP contribution in [0.1, 0.15) is 24.8 Å². The van der Waals surface area contributed by atoms with Gasteiger partial charge >= 0.3 is 0 Å². The van der Waals surface area contributed by atoms with Gasteiger partial charge in [0.2, 0.25) is 5.91 Å². The summed E-state index contributed by atoms with van der Waals surface area (Å²) in [6.45, 7) is 3.78. The van der Waals surface area contributed by atoms with Gasteiger partial charge in [0.05, 0.1) is 9.83 Å². The van der Waals surface area contributed by atoms with Crippen LogP contribution < -0.4 is 11.1 Å². The van der Waals surface area contributed by atoms with Crippen molar-refractivity contribution in [3.63, 3.8) is 0 Å². The van der Waals surface area contributed by atoms with Gasteiger partial charge in [-0.1, -0.05) is 0 Å². The Morgan fingerprint density at radius 3 is 2.64 bits per heavy atom. The summed E-state index contributed by atoms with van der Waals surface area (Å²) >= 11 is 5.05. The van der Waals surface area contributed by atoms with E-state index in [1.54, 1.807) is 18.3 Å². The summed E-state index contributed by atoms with van der Waals surface area (Å²) < 4.78 is 1.09. The van der Waals surface area contributed by atoms with E-state index in [9.17, 15) is 4.79 Å². The molecule has 0 aliphatic carbocycles. The molecule has 1 aromatic heterocycles. The van der Waals surface area contributed by atoms with Gasteiger partial charge in [0, 0.05) is 10.9 Å². The molecule has 0 fully saturated rings. The summed E-state index contributed by atoms with van der Waals surface area (Å²) in [5.74, 6) is -0.326. The van der Waals surface area contributed by atoms with Gasteiger partial charge in [-0.15, -0.1) is 11.3 Å². The predicted octanol–water partition coefficient (Wildman–Crippen LogP) is 2.04. The van der Waals surface area contributed by atoms with E-state index in [-0.39, 0.29) is 18.0 Å². The Bertz CT molecular complexity index is 326. The highest BCUT2D eigenvalue weighted by Gasteiger charge is 2.14. The molecule has 0 aliphatic rings. The quantitative estimate of drug-likeness (QED) is 0.884. The minimum atomic E-state index is -0.326. The first kappa shape index (κ1) is 11.7. The predicted molar refractivity (Wildman–Crippen MR) is 62.2 cm³/mol. The maximum atomic E-state index is 10.8. The van der Waals surface area contributed by atoms with Crippen LogP contribution in [0.4, 0.5) is 0 Å². The van der Waals surface area contributed by atoms with Gasteiger partial charge in [-0.25, -0.2) is 0 Å². The van der Waals surface area contributed by atoms with E-state index in [0.29, 0.717) is 0 Å². The Morgan fingerprint density at radius 2 is 2.21 bits per heavy atom. The van der Waals surface area contributed by atoms with E-state index in [1.165, 1.54) is 4.88 Å². The van der Waals surface area contributed by atoms with Crippen LogP contribution in [0.15, 0.2) is 15.9 Å². The number of amides is 1. The Kier molecular flexibility index (Phi) is 4.10. The molecule has 1 rings (SSSR count). The highest BCUT2D eigenvalue weighted by molar-refractivity contribution is 9.11. The van der Waals surface area contributed by atoms with Gasteiger partial charge in [-0.3, -0.25) is 10.1 Å². The highest BCUT2D eigenvalue weighted by Crippen LogP contribution is 2.27. The molecule has 2 unspecified atom stereocenters. The van der Waals surface area contributed by atoms with Crippen LogP contribution in [0, 0.1) is 0 Å². The van der Waals surface area contributed by atoms with Crippen LogP contribution in [0.25, 0.3) is 0 Å². The van der Waals surface area contributed by atoms with Crippen LogP contribution in [0.2, 0.25) is 0 Å². The lowest BCUT2D eigenvalue weighted by Gasteiger charge is -2.15. The summed E-state index contributed by atoms with van der Waals surface area (Å²) in [5, 5.41) is 3.12. The minimum Gasteiger partial charge on any atom is -0.368 e. The summed E-state index contributed by atoms with van der Waals surface area (Å²) in [6, 6.07) is 3.87. The second kappa shape index (κ2) is 4.91. The van der Waals surface area contributed by atoms with Gasteiger partial charge in [0.25, 0.3) is 0 Å². The normalized spacial score (nSPS) is 15.1. The largest absolute Gasteiger partial charge is 0.368 e. The van der Waals surface area contributed by atoms with Gasteiger partial charge in [0.1, 0.15) is 0 Å². The Balaban J connectivity index is 2.58. The fraction of sp³-hybridized carbons (Fsp3) is 0.444. The maximum Gasteiger partial charge on any atom is 0.234 e. The second-order valence-corrected chi connectivity index (χ2v) is 5.65. The van der Waals surface area contributed by atoms with Crippen molar-refractivity contribution in [1.29, 1.82) is 0 Å². The zero-order chi connectivity index (χ0) is 10.7. The van der Waals surface area contributed by atoms with Crippen molar-refractivity contribution in [3.8, 4) is 0 Å². The Labute approximate surface area is 95.8 Å². The molecule has 0 aliphatic heterocycles. The number of carbonyl (C=O) groups is 1. The molecule has 0 radical (unpaired) electrons. The number of hydrogen-bond acceptors (Lipinski definition) is 3. The Morgan fingerprint density at radius 1 is 1.57 bits per heavy atom. The fourth-order valence-electron chi connectivity index (χ4n) is 1.10. The van der Waals surface area contributed by atoms with Gasteiger partial charge in [-0.2, -0.15) is 0 Å². The van der Waals surface area contributed by atoms with Crippen LogP contribution in [0.3, 0.4) is 0 Å². The van der Waals surface area contributed by atoms with Crippen LogP contribution in [-0.4, -0.2) is 11.9 Å². The summed E-state index contributed by atoms with van der Waals surface area (Å²) in [7, 11) is 0. The molecule has 0 saturated heterocycles. The van der Waals surface area contributed by atoms with E-state index >= 15 is 0 Å². The number of rotatable bonds is 4. The lowest BCUT2D eigenvalue weighted by atomic mass is 10.2. The van der Waals surface area contributed by atoms with Crippen LogP contribution >= 0.6 is 27.3 Å². The van der Waals surface area contributed by atoms with Crippen molar-refractivity contribution in [2.45, 2.75) is 25.9 Å². The summed E-state index contributed by atoms with van der Waals surface area (Å²) in [5.41, 5.74) is 5.16. The fourth-order valence-corrected chi connectivity index (χ4v) is 2.54. The molecular weight excluding hydrogens is 264 g/mol. The topological polar surface area (TPSA) is 55.1 Å². The molecule has 1 amide bonds. The molecule has 3 nitrogen and oxygen atoms in total. The lowest BCUT2D eigenvalue weighted by molar-refractivity contribution is -0.119. The molecule has 14 heavy (non-hydrogen) atoms. The SMILES string of the molecule is CC(NC(C)c1ccc(Br)s1)C(N)=O. The molecule has 3 N–H and O–H groups in total. The highest BCUT2D eigenvalue weighted by atomic mass is 79.9. The molecule has 78 valence electrons. The number of nitrogens with one attached hydrogen (secondary N) is 1. The van der Waals surface area contributed by atoms with E-state index in [2.05, 4.69) is 21.2 Å². The van der Waals surface area contributed by atoms with Crippen LogP contribution in [0.5, 0.6) is 0 Å². The molecule has 5 heteroatoms. The van der Waals surface area contributed by atoms with Crippen LogP contribution in [-0.2, 0) is 4.79 Å². The smallest absolute Gasteiger partial charge is 0.234 e. The van der Waals surface area contributed by atoms with E-state index in [1.807, 2.05) is 19.1 Å². The molecule has 0 saturated carbocycles. The molecule has 0 bridgehead atoms. The molecular formula is C9H13BrN2OS. The summed E-state index contributed by atoms with van der Waals surface area (Å²) in [6.07, 6.45) is 0. The average molecular weight is 277 g/mol. The maximum absolute atomic E-state index is 10.8. The number of nitrogens with two attached hydrogens (primary N) is 1. The lowest BCUT2D eigenvalue weighted by Crippen LogP contribution is -2.39. The number of carbonyl (C=O) groups excluding carboxylic acids is 1. The van der Waals surface area contributed by atoms with Gasteiger partial charge < -0.3 is 5.73 Å². The molecule has 0 aromatic carbocycles. The average Bonchev–Trinajstić information content (AvgIpc) is 2.51. The van der Waals surface area contributed by atoms with E-state index < -0.39 is 0 Å². The molecule has 1 heterocycles. The number of primary amides is 1. The monoisotopic (exact) mass is 276 g/mol. The molecule has 0 spiro atoms. The van der Waals surface area contributed by atoms with Crippen molar-refractivity contribution >= 4 is 33.2 Å². The van der Waals surface area contributed by atoms with Crippen molar-refractivity contribution < 1.29 is 4.79 Å². The number of thiophene rings is 1. The standard InChI is InChI=1S/C9H13BrN2OS/c1-5(12-6(2)9(11)13)7-3-4-8(10)14-7/h3-6,12H,1-2H3,(H2,11,13). The first-order valence-corrected chi connectivity index (χ1v) is 5.92. The molecule has 1 aromatic rings. The van der Waals surface area contributed by atoms with Crippen molar-refractivity contribution in [3.05, 3.63) is 20.8 Å². The second-order valence-electron chi connectivity index (χ2n) is 3.15. The zero-order valence-electron chi connectivity index (χ0n) is 8.08. The summed E-state index contributed by atoms with van der Waals surface area (Å²) in [4.78, 5) is 12.0.